The molecule has 1 aliphatic rings. The summed E-state index contributed by atoms with van der Waals surface area (Å²) in [6.07, 6.45) is 0.340. The average Bonchev–Trinajstić information content (AvgIpc) is 3.05. The van der Waals surface area contributed by atoms with Crippen LogP contribution in [0.2, 0.25) is 0 Å². The second-order valence-electron chi connectivity index (χ2n) is 8.31. The SMILES string of the molecule is O=C1c2ccccc2[C@](O)(Cc2ccccc2)N1CC(c1ccccc1)c1ccccc1. The molecule has 1 N–H and O–H groups in total. The fourth-order valence-electron chi connectivity index (χ4n) is 4.74. The van der Waals surface area contributed by atoms with Crippen LogP contribution in [0.25, 0.3) is 0 Å². The summed E-state index contributed by atoms with van der Waals surface area (Å²) in [6.45, 7) is 0.380. The smallest absolute Gasteiger partial charge is 0.256 e. The molecule has 3 nitrogen and oxygen atoms in total. The van der Waals surface area contributed by atoms with Crippen molar-refractivity contribution in [2.75, 3.05) is 6.54 Å². The summed E-state index contributed by atoms with van der Waals surface area (Å²) in [6, 6.07) is 37.7. The zero-order valence-corrected chi connectivity index (χ0v) is 17.8. The number of carbonyl (C=O) groups is 1. The maximum atomic E-state index is 13.6. The Morgan fingerprint density at radius 3 is 1.78 bits per heavy atom. The lowest BCUT2D eigenvalue weighted by molar-refractivity contribution is -0.0847. The first-order valence-corrected chi connectivity index (χ1v) is 10.9. The van der Waals surface area contributed by atoms with E-state index in [2.05, 4.69) is 24.3 Å². The highest BCUT2D eigenvalue weighted by Gasteiger charge is 2.49. The van der Waals surface area contributed by atoms with Crippen molar-refractivity contribution in [2.24, 2.45) is 0 Å². The largest absolute Gasteiger partial charge is 0.366 e. The lowest BCUT2D eigenvalue weighted by Crippen LogP contribution is -2.47. The van der Waals surface area contributed by atoms with E-state index in [1.807, 2.05) is 91.0 Å². The molecule has 0 aliphatic carbocycles. The predicted octanol–water partition coefficient (Wildman–Crippen LogP) is 5.36. The molecule has 0 saturated carbocycles. The minimum atomic E-state index is -1.41. The molecule has 1 aliphatic heterocycles. The number of amides is 1. The number of aliphatic hydroxyl groups is 1. The molecule has 0 aromatic heterocycles. The van der Waals surface area contributed by atoms with Crippen molar-refractivity contribution in [3.63, 3.8) is 0 Å². The van der Waals surface area contributed by atoms with Gasteiger partial charge in [-0.3, -0.25) is 4.79 Å². The fraction of sp³-hybridized carbons (Fsp3) is 0.138. The summed E-state index contributed by atoms with van der Waals surface area (Å²) in [5.41, 5.74) is 3.06. The van der Waals surface area contributed by atoms with Crippen molar-refractivity contribution >= 4 is 5.91 Å². The molecule has 1 heterocycles. The Balaban J connectivity index is 1.59. The number of fused-ring (bicyclic) bond motifs is 1. The van der Waals surface area contributed by atoms with Gasteiger partial charge >= 0.3 is 0 Å². The highest BCUT2D eigenvalue weighted by molar-refractivity contribution is 5.99. The van der Waals surface area contributed by atoms with Gasteiger partial charge in [0, 0.05) is 30.0 Å². The van der Waals surface area contributed by atoms with E-state index in [1.54, 1.807) is 4.90 Å². The zero-order valence-electron chi connectivity index (χ0n) is 17.8. The third-order valence-corrected chi connectivity index (χ3v) is 6.34. The molecule has 4 aromatic carbocycles. The average molecular weight is 420 g/mol. The van der Waals surface area contributed by atoms with Crippen LogP contribution in [0.15, 0.2) is 115 Å². The van der Waals surface area contributed by atoms with E-state index in [0.29, 0.717) is 24.1 Å². The standard InChI is InChI=1S/C29H25NO2/c31-28-25-18-10-11-19-27(25)29(32,20-22-12-4-1-5-13-22)30(28)21-26(23-14-6-2-7-15-23)24-16-8-3-9-17-24/h1-19,26,32H,20-21H2/t29-/m1/s1. The van der Waals surface area contributed by atoms with Crippen LogP contribution in [-0.2, 0) is 12.1 Å². The molecule has 1 amide bonds. The van der Waals surface area contributed by atoms with Gasteiger partial charge in [-0.1, -0.05) is 109 Å². The van der Waals surface area contributed by atoms with E-state index >= 15 is 0 Å². The van der Waals surface area contributed by atoms with E-state index in [1.165, 1.54) is 0 Å². The summed E-state index contributed by atoms with van der Waals surface area (Å²) in [4.78, 5) is 15.2. The Bertz CT molecular complexity index is 1170. The maximum Gasteiger partial charge on any atom is 0.256 e. The molecule has 4 aromatic rings. The van der Waals surface area contributed by atoms with Crippen molar-refractivity contribution < 1.29 is 9.90 Å². The highest BCUT2D eigenvalue weighted by Crippen LogP contribution is 2.41. The monoisotopic (exact) mass is 419 g/mol. The summed E-state index contributed by atoms with van der Waals surface area (Å²) in [5.74, 6) is -0.186. The van der Waals surface area contributed by atoms with Gasteiger partial charge < -0.3 is 10.0 Å². The Labute approximate surface area is 188 Å². The van der Waals surface area contributed by atoms with Crippen LogP contribution in [0.1, 0.15) is 38.5 Å². The van der Waals surface area contributed by atoms with Crippen LogP contribution in [0.4, 0.5) is 0 Å². The van der Waals surface area contributed by atoms with E-state index in [0.717, 1.165) is 16.7 Å². The molecular formula is C29H25NO2. The van der Waals surface area contributed by atoms with E-state index in [9.17, 15) is 9.90 Å². The summed E-state index contributed by atoms with van der Waals surface area (Å²) in [5, 5.41) is 12.1. The van der Waals surface area contributed by atoms with Crippen molar-refractivity contribution in [1.29, 1.82) is 0 Å². The van der Waals surface area contributed by atoms with Crippen LogP contribution in [0.3, 0.4) is 0 Å². The van der Waals surface area contributed by atoms with Crippen LogP contribution in [-0.4, -0.2) is 22.5 Å². The summed E-state index contributed by atoms with van der Waals surface area (Å²) < 4.78 is 0. The second-order valence-corrected chi connectivity index (χ2v) is 8.31. The highest BCUT2D eigenvalue weighted by atomic mass is 16.3. The van der Waals surface area contributed by atoms with Crippen LogP contribution >= 0.6 is 0 Å². The summed E-state index contributed by atoms with van der Waals surface area (Å²) >= 11 is 0. The zero-order chi connectivity index (χ0) is 22.0. The Morgan fingerprint density at radius 2 is 1.19 bits per heavy atom. The number of nitrogens with zero attached hydrogens (tertiary/aromatic N) is 1. The lowest BCUT2D eigenvalue weighted by atomic mass is 9.89. The molecular weight excluding hydrogens is 394 g/mol. The third kappa shape index (κ3) is 3.61. The van der Waals surface area contributed by atoms with Gasteiger partial charge in [0.1, 0.15) is 0 Å². The first kappa shape index (κ1) is 20.2. The molecule has 0 bridgehead atoms. The molecule has 0 spiro atoms. The number of carbonyl (C=O) groups excluding carboxylic acids is 1. The molecule has 32 heavy (non-hydrogen) atoms. The minimum absolute atomic E-state index is 0.0574. The maximum absolute atomic E-state index is 13.6. The van der Waals surface area contributed by atoms with Crippen molar-refractivity contribution in [2.45, 2.75) is 18.1 Å². The Hall–Kier alpha value is -3.69. The van der Waals surface area contributed by atoms with Crippen molar-refractivity contribution in [1.82, 2.24) is 4.90 Å². The van der Waals surface area contributed by atoms with Crippen LogP contribution in [0.5, 0.6) is 0 Å². The molecule has 3 heteroatoms. The number of hydrogen-bond acceptors (Lipinski definition) is 2. The van der Waals surface area contributed by atoms with Gasteiger partial charge in [-0.25, -0.2) is 0 Å². The first-order valence-electron chi connectivity index (χ1n) is 10.9. The minimum Gasteiger partial charge on any atom is -0.366 e. The molecule has 5 rings (SSSR count). The molecule has 0 unspecified atom stereocenters. The fourth-order valence-corrected chi connectivity index (χ4v) is 4.74. The number of hydrogen-bond donors (Lipinski definition) is 1. The van der Waals surface area contributed by atoms with Gasteiger partial charge in [0.2, 0.25) is 0 Å². The third-order valence-electron chi connectivity index (χ3n) is 6.34. The van der Waals surface area contributed by atoms with Gasteiger partial charge in [-0.05, 0) is 22.8 Å². The molecule has 0 fully saturated rings. The van der Waals surface area contributed by atoms with E-state index < -0.39 is 5.72 Å². The van der Waals surface area contributed by atoms with E-state index in [-0.39, 0.29) is 11.8 Å². The van der Waals surface area contributed by atoms with Crippen LogP contribution < -0.4 is 0 Å². The molecule has 0 radical (unpaired) electrons. The first-order chi connectivity index (χ1) is 15.7. The molecule has 158 valence electrons. The van der Waals surface area contributed by atoms with E-state index in [4.69, 9.17) is 0 Å². The van der Waals surface area contributed by atoms with Crippen LogP contribution in [0, 0.1) is 0 Å². The van der Waals surface area contributed by atoms with Gasteiger partial charge in [0.25, 0.3) is 5.91 Å². The summed E-state index contributed by atoms with van der Waals surface area (Å²) in [7, 11) is 0. The predicted molar refractivity (Wildman–Crippen MR) is 126 cm³/mol. The topological polar surface area (TPSA) is 40.5 Å². The quantitative estimate of drug-likeness (QED) is 0.457. The second kappa shape index (κ2) is 8.45. The normalized spacial score (nSPS) is 17.6. The van der Waals surface area contributed by atoms with Crippen molar-refractivity contribution in [3.05, 3.63) is 143 Å². The Morgan fingerprint density at radius 1 is 0.688 bits per heavy atom. The number of rotatable bonds is 6. The number of benzene rings is 4. The molecule has 0 saturated heterocycles. The van der Waals surface area contributed by atoms with Gasteiger partial charge in [-0.15, -0.1) is 0 Å². The van der Waals surface area contributed by atoms with Crippen molar-refractivity contribution in [3.8, 4) is 0 Å². The Kier molecular flexibility index (Phi) is 5.34. The van der Waals surface area contributed by atoms with Gasteiger partial charge in [0.15, 0.2) is 5.72 Å². The van der Waals surface area contributed by atoms with Gasteiger partial charge in [-0.2, -0.15) is 0 Å². The molecule has 1 atom stereocenters. The lowest BCUT2D eigenvalue weighted by Gasteiger charge is -2.37. The van der Waals surface area contributed by atoms with Gasteiger partial charge in [0.05, 0.1) is 0 Å².